The number of hydrogen-bond donors (Lipinski definition) is 0. The van der Waals surface area contributed by atoms with E-state index in [-0.39, 0.29) is 23.8 Å². The van der Waals surface area contributed by atoms with E-state index in [1.54, 1.807) is 11.5 Å². The molecule has 0 bridgehead atoms. The van der Waals surface area contributed by atoms with Crippen molar-refractivity contribution in [1.82, 2.24) is 14.4 Å². The smallest absolute Gasteiger partial charge is 0.230 e. The molecule has 0 saturated heterocycles. The summed E-state index contributed by atoms with van der Waals surface area (Å²) in [5.41, 5.74) is 4.88. The van der Waals surface area contributed by atoms with Crippen LogP contribution in [0, 0.1) is 5.92 Å². The molecule has 144 valence electrons. The average molecular weight is 375 g/mol. The molecule has 6 heteroatoms. The Balaban J connectivity index is 1.89. The van der Waals surface area contributed by atoms with Crippen molar-refractivity contribution >= 4 is 41.6 Å². The number of amides is 1. The summed E-state index contributed by atoms with van der Waals surface area (Å²) in [6.07, 6.45) is 4.93. The van der Waals surface area contributed by atoms with Crippen LogP contribution >= 0.6 is 0 Å². The molecule has 2 aliphatic rings. The Bertz CT molecular complexity index is 1000. The molecular formula is C22H26BN3O2. The Morgan fingerprint density at radius 3 is 2.61 bits per heavy atom. The molecule has 1 aromatic carbocycles. The van der Waals surface area contributed by atoms with Gasteiger partial charge in [-0.2, -0.15) is 0 Å². The summed E-state index contributed by atoms with van der Waals surface area (Å²) in [5, 5.41) is 1.09. The lowest BCUT2D eigenvalue weighted by Gasteiger charge is -2.40. The number of rotatable bonds is 3. The molecule has 2 aromatic rings. The van der Waals surface area contributed by atoms with Crippen LogP contribution in [-0.2, 0) is 11.2 Å². The Morgan fingerprint density at radius 1 is 1.25 bits per heavy atom. The first-order valence-corrected chi connectivity index (χ1v) is 10.0. The standard InChI is InChI=1S/C22H26BN3O2/c1-5-25(6-2)22(28)15-7-17-18-9-16(23)10-20-21(18)14(12-26(20)13(3)27)8-19(17)24(4)11-15/h7,9-10,12,15,19H,5-6,8,11H2,1-4H3. The number of hydrogen-bond acceptors (Lipinski definition) is 3. The third-order valence-electron chi connectivity index (χ3n) is 6.22. The Labute approximate surface area is 167 Å². The molecule has 4 rings (SSSR count). The highest BCUT2D eigenvalue weighted by molar-refractivity contribution is 6.34. The Hall–Kier alpha value is -2.34. The van der Waals surface area contributed by atoms with Crippen molar-refractivity contribution in [3.8, 4) is 0 Å². The molecule has 1 amide bonds. The van der Waals surface area contributed by atoms with E-state index in [1.807, 2.05) is 37.1 Å². The predicted octanol–water partition coefficient (Wildman–Crippen LogP) is 1.83. The minimum absolute atomic E-state index is 0.0189. The Morgan fingerprint density at radius 2 is 1.96 bits per heavy atom. The number of carbonyl (C=O) groups excluding carboxylic acids is 2. The molecule has 0 saturated carbocycles. The van der Waals surface area contributed by atoms with Crippen LogP contribution in [0.15, 0.2) is 24.4 Å². The van der Waals surface area contributed by atoms with Gasteiger partial charge in [0.1, 0.15) is 7.85 Å². The van der Waals surface area contributed by atoms with Gasteiger partial charge in [-0.05, 0) is 50.1 Å². The maximum Gasteiger partial charge on any atom is 0.230 e. The maximum atomic E-state index is 13.0. The van der Waals surface area contributed by atoms with Gasteiger partial charge in [0.05, 0.1) is 11.4 Å². The average Bonchev–Trinajstić information content (AvgIpc) is 3.02. The van der Waals surface area contributed by atoms with Gasteiger partial charge in [0, 0.05) is 44.2 Å². The van der Waals surface area contributed by atoms with E-state index in [0.717, 1.165) is 41.5 Å². The summed E-state index contributed by atoms with van der Waals surface area (Å²) in [7, 11) is 8.28. The van der Waals surface area contributed by atoms with Crippen LogP contribution in [0.5, 0.6) is 0 Å². The van der Waals surface area contributed by atoms with Crippen LogP contribution in [0.3, 0.4) is 0 Å². The van der Waals surface area contributed by atoms with Gasteiger partial charge in [0.25, 0.3) is 0 Å². The lowest BCUT2D eigenvalue weighted by molar-refractivity contribution is -0.134. The first-order valence-electron chi connectivity index (χ1n) is 10.0. The van der Waals surface area contributed by atoms with Crippen molar-refractivity contribution in [2.24, 2.45) is 5.92 Å². The van der Waals surface area contributed by atoms with Gasteiger partial charge in [0.2, 0.25) is 11.8 Å². The molecule has 0 fully saturated rings. The van der Waals surface area contributed by atoms with E-state index in [4.69, 9.17) is 7.85 Å². The number of benzene rings is 1. The molecular weight excluding hydrogens is 349 g/mol. The van der Waals surface area contributed by atoms with Crippen LogP contribution in [0.1, 0.15) is 36.7 Å². The molecule has 0 N–H and O–H groups in total. The summed E-state index contributed by atoms with van der Waals surface area (Å²) in [6, 6.07) is 4.06. The monoisotopic (exact) mass is 375 g/mol. The molecule has 2 atom stereocenters. The number of fused-ring (bicyclic) bond motifs is 2. The summed E-state index contributed by atoms with van der Waals surface area (Å²) >= 11 is 0. The van der Waals surface area contributed by atoms with Crippen molar-refractivity contribution in [2.45, 2.75) is 33.2 Å². The van der Waals surface area contributed by atoms with Gasteiger partial charge in [-0.1, -0.05) is 17.6 Å². The fourth-order valence-corrected chi connectivity index (χ4v) is 4.83. The number of aromatic nitrogens is 1. The second kappa shape index (κ2) is 6.92. The van der Waals surface area contributed by atoms with E-state index in [2.05, 4.69) is 18.0 Å². The first-order chi connectivity index (χ1) is 13.3. The summed E-state index contributed by atoms with van der Waals surface area (Å²) in [5.74, 6) is -0.00582. The molecule has 28 heavy (non-hydrogen) atoms. The maximum absolute atomic E-state index is 13.0. The summed E-state index contributed by atoms with van der Waals surface area (Å²) in [4.78, 5) is 29.3. The van der Waals surface area contributed by atoms with Gasteiger partial charge in [-0.25, -0.2) is 0 Å². The van der Waals surface area contributed by atoms with Crippen molar-refractivity contribution in [3.63, 3.8) is 0 Å². The minimum atomic E-state index is -0.163. The highest BCUT2D eigenvalue weighted by Gasteiger charge is 2.37. The van der Waals surface area contributed by atoms with Crippen molar-refractivity contribution in [3.05, 3.63) is 35.5 Å². The molecule has 1 aliphatic heterocycles. The number of carbonyl (C=O) groups is 2. The zero-order chi connectivity index (χ0) is 20.2. The molecule has 2 radical (unpaired) electrons. The molecule has 2 heterocycles. The lowest BCUT2D eigenvalue weighted by atomic mass is 9.77. The number of nitrogens with zero attached hydrogens (tertiary/aromatic N) is 3. The van der Waals surface area contributed by atoms with Gasteiger partial charge in [0.15, 0.2) is 0 Å². The fourth-order valence-electron chi connectivity index (χ4n) is 4.83. The van der Waals surface area contributed by atoms with Crippen LogP contribution in [-0.4, -0.2) is 66.8 Å². The minimum Gasteiger partial charge on any atom is -0.343 e. The lowest BCUT2D eigenvalue weighted by Crippen LogP contribution is -2.47. The zero-order valence-electron chi connectivity index (χ0n) is 17.0. The van der Waals surface area contributed by atoms with E-state index in [9.17, 15) is 9.59 Å². The van der Waals surface area contributed by atoms with Crippen molar-refractivity contribution in [2.75, 3.05) is 26.7 Å². The normalized spacial score (nSPS) is 21.4. The second-order valence-electron chi connectivity index (χ2n) is 7.90. The molecule has 5 nitrogen and oxygen atoms in total. The van der Waals surface area contributed by atoms with Gasteiger partial charge >= 0.3 is 0 Å². The van der Waals surface area contributed by atoms with Gasteiger partial charge < -0.3 is 4.90 Å². The van der Waals surface area contributed by atoms with Crippen LogP contribution in [0.4, 0.5) is 0 Å². The molecule has 1 aromatic heterocycles. The van der Waals surface area contributed by atoms with E-state index < -0.39 is 0 Å². The summed E-state index contributed by atoms with van der Waals surface area (Å²) in [6.45, 7) is 7.75. The second-order valence-corrected chi connectivity index (χ2v) is 7.90. The van der Waals surface area contributed by atoms with E-state index in [0.29, 0.717) is 12.0 Å². The van der Waals surface area contributed by atoms with Crippen molar-refractivity contribution < 1.29 is 9.59 Å². The summed E-state index contributed by atoms with van der Waals surface area (Å²) < 4.78 is 1.70. The third-order valence-corrected chi connectivity index (χ3v) is 6.22. The third kappa shape index (κ3) is 2.82. The Kier molecular flexibility index (Phi) is 4.70. The van der Waals surface area contributed by atoms with Gasteiger partial charge in [-0.15, -0.1) is 0 Å². The fraction of sp³-hybridized carbons (Fsp3) is 0.455. The molecule has 2 unspecified atom stereocenters. The largest absolute Gasteiger partial charge is 0.343 e. The highest BCUT2D eigenvalue weighted by atomic mass is 16.2. The van der Waals surface area contributed by atoms with Crippen LogP contribution < -0.4 is 5.46 Å². The molecule has 0 spiro atoms. The topological polar surface area (TPSA) is 45.6 Å². The quantitative estimate of drug-likeness (QED) is 0.769. The SMILES string of the molecule is [B]c1cc2c3c(cn(C(C)=O)c3c1)CC1C2=CC(C(=O)N(CC)CC)CN1C. The van der Waals surface area contributed by atoms with E-state index >= 15 is 0 Å². The predicted molar refractivity (Wildman–Crippen MR) is 113 cm³/mol. The van der Waals surface area contributed by atoms with E-state index in [1.165, 1.54) is 5.56 Å². The van der Waals surface area contributed by atoms with Gasteiger partial charge in [-0.3, -0.25) is 19.1 Å². The zero-order valence-corrected chi connectivity index (χ0v) is 17.0. The number of likely N-dealkylation sites (N-methyl/N-ethyl adjacent to an activating group) is 1. The van der Waals surface area contributed by atoms with Crippen LogP contribution in [0.25, 0.3) is 16.5 Å². The van der Waals surface area contributed by atoms with Crippen LogP contribution in [0.2, 0.25) is 0 Å². The molecule has 1 aliphatic carbocycles. The first kappa shape index (κ1) is 19.0. The highest BCUT2D eigenvalue weighted by Crippen LogP contribution is 2.41. The van der Waals surface area contributed by atoms with Crippen molar-refractivity contribution in [1.29, 1.82) is 0 Å².